The fraction of sp³-hybridized carbons (Fsp3) is 0.625. The van der Waals surface area contributed by atoms with Gasteiger partial charge in [0, 0.05) is 0 Å². The molecule has 1 aromatic carbocycles. The molecule has 0 spiro atoms. The van der Waals surface area contributed by atoms with E-state index in [0.29, 0.717) is 0 Å². The van der Waals surface area contributed by atoms with E-state index in [1.165, 1.54) is 30.4 Å². The van der Waals surface area contributed by atoms with Gasteiger partial charge in [-0.1, -0.05) is 58.7 Å². The summed E-state index contributed by atoms with van der Waals surface area (Å²) in [4.78, 5) is 0. The maximum absolute atomic E-state index is 2.43. The summed E-state index contributed by atoms with van der Waals surface area (Å²) in [5.41, 5.74) is 4.60. The van der Waals surface area contributed by atoms with Gasteiger partial charge in [-0.25, -0.2) is 0 Å². The highest BCUT2D eigenvalue weighted by Gasteiger charge is 2.07. The average molecular weight is 218 g/mol. The first kappa shape index (κ1) is 13.3. The zero-order valence-corrected chi connectivity index (χ0v) is 11.3. The SMILES string of the molecule is CCCCC(C)c1ccc(CC)c(CC)c1. The monoisotopic (exact) mass is 218 g/mol. The van der Waals surface area contributed by atoms with Crippen molar-refractivity contribution in [3.63, 3.8) is 0 Å². The number of benzene rings is 1. The van der Waals surface area contributed by atoms with E-state index in [0.717, 1.165) is 18.8 Å². The van der Waals surface area contributed by atoms with Gasteiger partial charge in [0.05, 0.1) is 0 Å². The van der Waals surface area contributed by atoms with Crippen LogP contribution in [-0.2, 0) is 12.8 Å². The Morgan fingerprint density at radius 2 is 1.69 bits per heavy atom. The van der Waals surface area contributed by atoms with E-state index in [4.69, 9.17) is 0 Å². The van der Waals surface area contributed by atoms with E-state index >= 15 is 0 Å². The first-order chi connectivity index (χ1) is 7.72. The molecule has 1 rings (SSSR count). The second-order valence-corrected chi connectivity index (χ2v) is 4.78. The van der Waals surface area contributed by atoms with E-state index in [1.54, 1.807) is 5.56 Å². The Labute approximate surface area is 101 Å². The lowest BCUT2D eigenvalue weighted by molar-refractivity contribution is 0.623. The lowest BCUT2D eigenvalue weighted by atomic mass is 9.91. The van der Waals surface area contributed by atoms with Crippen molar-refractivity contribution in [2.75, 3.05) is 0 Å². The second kappa shape index (κ2) is 6.73. The van der Waals surface area contributed by atoms with Gasteiger partial charge in [0.1, 0.15) is 0 Å². The quantitative estimate of drug-likeness (QED) is 0.622. The molecule has 0 saturated carbocycles. The van der Waals surface area contributed by atoms with Crippen LogP contribution in [0.15, 0.2) is 18.2 Å². The van der Waals surface area contributed by atoms with Gasteiger partial charge in [-0.3, -0.25) is 0 Å². The van der Waals surface area contributed by atoms with Gasteiger partial charge in [-0.2, -0.15) is 0 Å². The van der Waals surface area contributed by atoms with Gasteiger partial charge < -0.3 is 0 Å². The van der Waals surface area contributed by atoms with Crippen molar-refractivity contribution in [1.29, 1.82) is 0 Å². The smallest absolute Gasteiger partial charge is 0.0190 e. The Balaban J connectivity index is 2.81. The molecule has 0 saturated heterocycles. The molecular formula is C16H26. The number of unbranched alkanes of at least 4 members (excludes halogenated alkanes) is 1. The maximum atomic E-state index is 2.43. The molecule has 0 radical (unpaired) electrons. The summed E-state index contributed by atoms with van der Waals surface area (Å²) in [7, 11) is 0. The minimum Gasteiger partial charge on any atom is -0.0654 e. The zero-order chi connectivity index (χ0) is 12.0. The molecule has 0 aromatic heterocycles. The number of aryl methyl sites for hydroxylation is 2. The van der Waals surface area contributed by atoms with Gasteiger partial charge in [0.2, 0.25) is 0 Å². The predicted molar refractivity (Wildman–Crippen MR) is 73.1 cm³/mol. The maximum Gasteiger partial charge on any atom is -0.0190 e. The third-order valence-corrected chi connectivity index (χ3v) is 3.55. The fourth-order valence-corrected chi connectivity index (χ4v) is 2.30. The molecular weight excluding hydrogens is 192 g/mol. The summed E-state index contributed by atoms with van der Waals surface area (Å²) in [6.45, 7) is 9.13. The molecule has 0 heteroatoms. The highest BCUT2D eigenvalue weighted by molar-refractivity contribution is 5.33. The first-order valence-corrected chi connectivity index (χ1v) is 6.84. The highest BCUT2D eigenvalue weighted by Crippen LogP contribution is 2.24. The van der Waals surface area contributed by atoms with Crippen LogP contribution in [0.25, 0.3) is 0 Å². The standard InChI is InChI=1S/C16H26/c1-5-8-9-13(4)16-11-10-14(6-2)15(7-3)12-16/h10-13H,5-9H2,1-4H3. The molecule has 0 aliphatic carbocycles. The summed E-state index contributed by atoms with van der Waals surface area (Å²) >= 11 is 0. The van der Waals surface area contributed by atoms with E-state index in [9.17, 15) is 0 Å². The molecule has 0 amide bonds. The summed E-state index contributed by atoms with van der Waals surface area (Å²) in [5, 5.41) is 0. The van der Waals surface area contributed by atoms with Crippen LogP contribution in [0.4, 0.5) is 0 Å². The highest BCUT2D eigenvalue weighted by atomic mass is 14.1. The van der Waals surface area contributed by atoms with Gasteiger partial charge in [-0.15, -0.1) is 0 Å². The van der Waals surface area contributed by atoms with Crippen molar-refractivity contribution in [1.82, 2.24) is 0 Å². The third kappa shape index (κ3) is 3.37. The van der Waals surface area contributed by atoms with Crippen molar-refractivity contribution < 1.29 is 0 Å². The molecule has 1 atom stereocenters. The predicted octanol–water partition coefficient (Wildman–Crippen LogP) is 5.11. The molecule has 1 aromatic rings. The van der Waals surface area contributed by atoms with Crippen molar-refractivity contribution in [3.8, 4) is 0 Å². The topological polar surface area (TPSA) is 0 Å². The Morgan fingerprint density at radius 3 is 2.25 bits per heavy atom. The zero-order valence-electron chi connectivity index (χ0n) is 11.3. The molecule has 0 fully saturated rings. The van der Waals surface area contributed by atoms with E-state index in [2.05, 4.69) is 45.9 Å². The minimum absolute atomic E-state index is 0.719. The summed E-state index contributed by atoms with van der Waals surface area (Å²) in [6, 6.07) is 7.09. The summed E-state index contributed by atoms with van der Waals surface area (Å²) in [6.07, 6.45) is 6.30. The minimum atomic E-state index is 0.719. The van der Waals surface area contributed by atoms with Crippen LogP contribution in [0.1, 0.15) is 69.6 Å². The van der Waals surface area contributed by atoms with E-state index in [1.807, 2.05) is 0 Å². The molecule has 0 N–H and O–H groups in total. The van der Waals surface area contributed by atoms with Gasteiger partial charge in [-0.05, 0) is 41.9 Å². The van der Waals surface area contributed by atoms with Crippen LogP contribution in [0.3, 0.4) is 0 Å². The second-order valence-electron chi connectivity index (χ2n) is 4.78. The van der Waals surface area contributed by atoms with Crippen LogP contribution < -0.4 is 0 Å². The summed E-state index contributed by atoms with van der Waals surface area (Å²) in [5.74, 6) is 0.719. The van der Waals surface area contributed by atoms with Gasteiger partial charge in [0.15, 0.2) is 0 Å². The average Bonchev–Trinajstić information content (AvgIpc) is 2.34. The lowest BCUT2D eigenvalue weighted by Gasteiger charge is -2.14. The molecule has 16 heavy (non-hydrogen) atoms. The normalized spacial score (nSPS) is 12.8. The molecule has 0 aliphatic rings. The third-order valence-electron chi connectivity index (χ3n) is 3.55. The number of rotatable bonds is 6. The molecule has 0 nitrogen and oxygen atoms in total. The number of hydrogen-bond acceptors (Lipinski definition) is 0. The first-order valence-electron chi connectivity index (χ1n) is 6.84. The van der Waals surface area contributed by atoms with Crippen LogP contribution in [0.2, 0.25) is 0 Å². The molecule has 0 heterocycles. The van der Waals surface area contributed by atoms with Crippen LogP contribution in [0.5, 0.6) is 0 Å². The Kier molecular flexibility index (Phi) is 5.59. The lowest BCUT2D eigenvalue weighted by Crippen LogP contribution is -1.98. The largest absolute Gasteiger partial charge is 0.0654 e. The fourth-order valence-electron chi connectivity index (χ4n) is 2.30. The summed E-state index contributed by atoms with van der Waals surface area (Å²) < 4.78 is 0. The van der Waals surface area contributed by atoms with Crippen molar-refractivity contribution in [3.05, 3.63) is 34.9 Å². The van der Waals surface area contributed by atoms with Crippen molar-refractivity contribution in [2.45, 2.75) is 65.7 Å². The van der Waals surface area contributed by atoms with Crippen molar-refractivity contribution >= 4 is 0 Å². The number of hydrogen-bond donors (Lipinski definition) is 0. The van der Waals surface area contributed by atoms with Crippen molar-refractivity contribution in [2.24, 2.45) is 0 Å². The van der Waals surface area contributed by atoms with Gasteiger partial charge >= 0.3 is 0 Å². The molecule has 0 aliphatic heterocycles. The van der Waals surface area contributed by atoms with E-state index in [-0.39, 0.29) is 0 Å². The Hall–Kier alpha value is -0.780. The van der Waals surface area contributed by atoms with Crippen LogP contribution in [0, 0.1) is 0 Å². The Morgan fingerprint density at radius 1 is 1.00 bits per heavy atom. The van der Waals surface area contributed by atoms with Crippen LogP contribution >= 0.6 is 0 Å². The molecule has 90 valence electrons. The van der Waals surface area contributed by atoms with E-state index < -0.39 is 0 Å². The Bertz CT molecular complexity index is 312. The van der Waals surface area contributed by atoms with Gasteiger partial charge in [0.25, 0.3) is 0 Å². The van der Waals surface area contributed by atoms with Crippen LogP contribution in [-0.4, -0.2) is 0 Å². The molecule has 0 bridgehead atoms. The molecule has 1 unspecified atom stereocenters.